The zero-order chi connectivity index (χ0) is 12.6. The number of nitrogen functional groups attached to an aromatic ring is 1. The fourth-order valence-electron chi connectivity index (χ4n) is 1.64. The van der Waals surface area contributed by atoms with E-state index in [1.807, 2.05) is 7.05 Å². The first kappa shape index (κ1) is 13.1. The van der Waals surface area contributed by atoms with Gasteiger partial charge in [-0.3, -0.25) is 0 Å². The molecule has 17 heavy (non-hydrogen) atoms. The van der Waals surface area contributed by atoms with Gasteiger partial charge in [0.2, 0.25) is 0 Å². The van der Waals surface area contributed by atoms with Crippen molar-refractivity contribution in [1.29, 1.82) is 0 Å². The summed E-state index contributed by atoms with van der Waals surface area (Å²) >= 11 is 6.81. The largest absolute Gasteiger partial charge is 0.397 e. The lowest BCUT2D eigenvalue weighted by atomic mass is 10.4. The minimum atomic E-state index is -3.43. The Hall–Kier alpha value is -0.340. The number of sulfonamides is 1. The average molecular weight is 296 g/mol. The molecule has 1 aliphatic heterocycles. The van der Waals surface area contributed by atoms with Crippen LogP contribution in [-0.2, 0) is 10.0 Å². The van der Waals surface area contributed by atoms with Crippen LogP contribution in [-0.4, -0.2) is 50.8 Å². The van der Waals surface area contributed by atoms with Crippen LogP contribution >= 0.6 is 22.9 Å². The number of halogens is 1. The van der Waals surface area contributed by atoms with E-state index >= 15 is 0 Å². The number of hydrogen-bond donors (Lipinski definition) is 1. The third-order valence-electron chi connectivity index (χ3n) is 2.75. The van der Waals surface area contributed by atoms with Crippen molar-refractivity contribution in [3.63, 3.8) is 0 Å². The topological polar surface area (TPSA) is 66.6 Å². The lowest BCUT2D eigenvalue weighted by molar-refractivity contribution is 0.222. The smallest absolute Gasteiger partial charge is 0.252 e. The third-order valence-corrected chi connectivity index (χ3v) is 6.48. The molecule has 1 aromatic heterocycles. The van der Waals surface area contributed by atoms with Crippen LogP contribution in [0, 0.1) is 0 Å². The molecule has 0 radical (unpaired) electrons. The van der Waals surface area contributed by atoms with Gasteiger partial charge in [-0.25, -0.2) is 8.42 Å². The van der Waals surface area contributed by atoms with Crippen LogP contribution in [0.25, 0.3) is 0 Å². The van der Waals surface area contributed by atoms with Crippen LogP contribution in [0.15, 0.2) is 10.3 Å². The number of thiophene rings is 1. The molecular formula is C9H14ClN3O2S2. The van der Waals surface area contributed by atoms with Crippen molar-refractivity contribution in [3.05, 3.63) is 10.4 Å². The number of piperazine rings is 1. The standard InChI is InChI=1S/C9H14ClN3O2S2/c1-12-2-4-13(5-3-12)17(14,15)8-6-7(11)9(10)16-8/h6H,2-5,11H2,1H3. The van der Waals surface area contributed by atoms with E-state index in [-0.39, 0.29) is 4.21 Å². The highest BCUT2D eigenvalue weighted by Gasteiger charge is 2.29. The van der Waals surface area contributed by atoms with Crippen molar-refractivity contribution in [2.24, 2.45) is 0 Å². The van der Waals surface area contributed by atoms with Gasteiger partial charge >= 0.3 is 0 Å². The maximum absolute atomic E-state index is 12.3. The summed E-state index contributed by atoms with van der Waals surface area (Å²) in [6.45, 7) is 2.50. The molecule has 2 rings (SSSR count). The van der Waals surface area contributed by atoms with Gasteiger partial charge in [0.15, 0.2) is 0 Å². The minimum absolute atomic E-state index is 0.226. The van der Waals surface area contributed by atoms with Gasteiger partial charge in [-0.1, -0.05) is 11.6 Å². The Morgan fingerprint density at radius 3 is 2.41 bits per heavy atom. The number of anilines is 1. The first-order valence-corrected chi connectivity index (χ1v) is 7.78. The van der Waals surface area contributed by atoms with Crippen molar-refractivity contribution in [1.82, 2.24) is 9.21 Å². The van der Waals surface area contributed by atoms with Gasteiger partial charge < -0.3 is 10.6 Å². The van der Waals surface area contributed by atoms with Crippen molar-refractivity contribution < 1.29 is 8.42 Å². The average Bonchev–Trinajstić information content (AvgIpc) is 2.60. The number of nitrogens with two attached hydrogens (primary N) is 1. The van der Waals surface area contributed by atoms with E-state index in [0.29, 0.717) is 23.1 Å². The van der Waals surface area contributed by atoms with E-state index in [2.05, 4.69) is 4.90 Å². The molecule has 0 spiro atoms. The highest BCUT2D eigenvalue weighted by atomic mass is 35.5. The lowest BCUT2D eigenvalue weighted by Gasteiger charge is -2.31. The minimum Gasteiger partial charge on any atom is -0.397 e. The fourth-order valence-corrected chi connectivity index (χ4v) is 4.79. The number of hydrogen-bond acceptors (Lipinski definition) is 5. The molecule has 0 bridgehead atoms. The fraction of sp³-hybridized carbons (Fsp3) is 0.556. The molecule has 0 amide bonds. The zero-order valence-electron chi connectivity index (χ0n) is 9.39. The molecule has 2 N–H and O–H groups in total. The second-order valence-electron chi connectivity index (χ2n) is 4.00. The highest BCUT2D eigenvalue weighted by Crippen LogP contribution is 2.34. The Morgan fingerprint density at radius 2 is 1.94 bits per heavy atom. The van der Waals surface area contributed by atoms with E-state index in [1.165, 1.54) is 10.4 Å². The third kappa shape index (κ3) is 2.58. The summed E-state index contributed by atoms with van der Waals surface area (Å²) in [4.78, 5) is 2.10. The van der Waals surface area contributed by atoms with Gasteiger partial charge in [0.25, 0.3) is 10.0 Å². The Labute approximate surface area is 110 Å². The first-order valence-electron chi connectivity index (χ1n) is 5.15. The molecular weight excluding hydrogens is 282 g/mol. The molecule has 0 unspecified atom stereocenters. The molecule has 2 heterocycles. The molecule has 1 aliphatic rings. The quantitative estimate of drug-likeness (QED) is 0.881. The first-order chi connectivity index (χ1) is 7.91. The van der Waals surface area contributed by atoms with Gasteiger partial charge in [0, 0.05) is 26.2 Å². The summed E-state index contributed by atoms with van der Waals surface area (Å²) in [6.07, 6.45) is 0. The van der Waals surface area contributed by atoms with E-state index in [1.54, 1.807) is 0 Å². The van der Waals surface area contributed by atoms with Crippen molar-refractivity contribution in [2.45, 2.75) is 4.21 Å². The summed E-state index contributed by atoms with van der Waals surface area (Å²) in [5.74, 6) is 0. The van der Waals surface area contributed by atoms with Crippen LogP contribution in [0.4, 0.5) is 5.69 Å². The summed E-state index contributed by atoms with van der Waals surface area (Å²) in [5, 5.41) is 0. The molecule has 96 valence electrons. The summed E-state index contributed by atoms with van der Waals surface area (Å²) < 4.78 is 26.6. The molecule has 8 heteroatoms. The monoisotopic (exact) mass is 295 g/mol. The van der Waals surface area contributed by atoms with Gasteiger partial charge in [-0.05, 0) is 13.1 Å². The van der Waals surface area contributed by atoms with Crippen LogP contribution in [0.1, 0.15) is 0 Å². The number of likely N-dealkylation sites (N-methyl/N-ethyl adjacent to an activating group) is 1. The van der Waals surface area contributed by atoms with E-state index in [0.717, 1.165) is 24.4 Å². The number of rotatable bonds is 2. The van der Waals surface area contributed by atoms with Crippen LogP contribution in [0.5, 0.6) is 0 Å². The summed E-state index contributed by atoms with van der Waals surface area (Å²) in [5.41, 5.74) is 5.90. The van der Waals surface area contributed by atoms with Crippen LogP contribution in [0.3, 0.4) is 0 Å². The van der Waals surface area contributed by atoms with Gasteiger partial charge in [0.05, 0.1) is 5.69 Å². The maximum atomic E-state index is 12.3. The Bertz CT molecular complexity index is 487. The van der Waals surface area contributed by atoms with Gasteiger partial charge in [0.1, 0.15) is 8.55 Å². The molecule has 0 saturated carbocycles. The molecule has 1 saturated heterocycles. The summed E-state index contributed by atoms with van der Waals surface area (Å²) in [6, 6.07) is 1.43. The predicted octanol–water partition coefficient (Wildman–Crippen LogP) is 0.920. The molecule has 0 aliphatic carbocycles. The Morgan fingerprint density at radius 1 is 1.35 bits per heavy atom. The Balaban J connectivity index is 2.24. The van der Waals surface area contributed by atoms with E-state index in [9.17, 15) is 8.42 Å². The lowest BCUT2D eigenvalue weighted by Crippen LogP contribution is -2.46. The van der Waals surface area contributed by atoms with Crippen LogP contribution in [0.2, 0.25) is 4.34 Å². The molecule has 1 aromatic rings. The molecule has 0 aromatic carbocycles. The van der Waals surface area contributed by atoms with E-state index < -0.39 is 10.0 Å². The van der Waals surface area contributed by atoms with Crippen molar-refractivity contribution >= 4 is 38.6 Å². The van der Waals surface area contributed by atoms with Crippen LogP contribution < -0.4 is 5.73 Å². The van der Waals surface area contributed by atoms with Crippen molar-refractivity contribution in [2.75, 3.05) is 39.0 Å². The summed E-state index contributed by atoms with van der Waals surface area (Å²) in [7, 11) is -1.45. The second-order valence-corrected chi connectivity index (χ2v) is 7.82. The molecule has 1 fully saturated rings. The maximum Gasteiger partial charge on any atom is 0.252 e. The van der Waals surface area contributed by atoms with Gasteiger partial charge in [-0.2, -0.15) is 4.31 Å². The number of nitrogens with zero attached hydrogens (tertiary/aromatic N) is 2. The normalized spacial score (nSPS) is 19.6. The zero-order valence-corrected chi connectivity index (χ0v) is 11.8. The SMILES string of the molecule is CN1CCN(S(=O)(=O)c2cc(N)c(Cl)s2)CC1. The molecule has 0 atom stereocenters. The second kappa shape index (κ2) is 4.74. The van der Waals surface area contributed by atoms with Gasteiger partial charge in [-0.15, -0.1) is 11.3 Å². The van der Waals surface area contributed by atoms with E-state index in [4.69, 9.17) is 17.3 Å². The predicted molar refractivity (Wildman–Crippen MR) is 70.0 cm³/mol. The van der Waals surface area contributed by atoms with Crippen molar-refractivity contribution in [3.8, 4) is 0 Å². The molecule has 5 nitrogen and oxygen atoms in total. The highest BCUT2D eigenvalue weighted by molar-refractivity contribution is 7.91. The Kier molecular flexibility index (Phi) is 3.65.